The van der Waals surface area contributed by atoms with Crippen LogP contribution in [0.2, 0.25) is 5.02 Å². The van der Waals surface area contributed by atoms with Crippen LogP contribution in [0.5, 0.6) is 0 Å². The number of amides is 1. The Balaban J connectivity index is 1.50. The molecule has 1 atom stereocenters. The molecule has 3 aromatic rings. The molecule has 0 saturated carbocycles. The number of rotatable bonds is 8. The van der Waals surface area contributed by atoms with Gasteiger partial charge in [-0.3, -0.25) is 4.79 Å². The highest BCUT2D eigenvalue weighted by atomic mass is 35.5. The Bertz CT molecular complexity index is 1470. The van der Waals surface area contributed by atoms with E-state index in [1.807, 2.05) is 52.8 Å². The second-order valence-electron chi connectivity index (χ2n) is 8.87. The van der Waals surface area contributed by atoms with Gasteiger partial charge in [0.2, 0.25) is 5.91 Å². The quantitative estimate of drug-likeness (QED) is 0.320. The van der Waals surface area contributed by atoms with E-state index in [4.69, 9.17) is 21.3 Å². The molecule has 1 N–H and O–H groups in total. The van der Waals surface area contributed by atoms with Gasteiger partial charge in [0.1, 0.15) is 5.82 Å². The van der Waals surface area contributed by atoms with Crippen molar-refractivity contribution in [1.82, 2.24) is 10.2 Å². The monoisotopic (exact) mass is 561 g/mol. The van der Waals surface area contributed by atoms with Gasteiger partial charge in [0.05, 0.1) is 30.3 Å². The maximum atomic E-state index is 13.5. The average molecular weight is 562 g/mol. The largest absolute Gasteiger partial charge is 0.463 e. The number of nitrogens with zero attached hydrogens (tertiary/aromatic N) is 2. The zero-order valence-electron chi connectivity index (χ0n) is 21.1. The van der Waals surface area contributed by atoms with Crippen LogP contribution in [0.3, 0.4) is 0 Å². The summed E-state index contributed by atoms with van der Waals surface area (Å²) in [6, 6.07) is 22.2. The lowest BCUT2D eigenvalue weighted by Crippen LogP contribution is -2.38. The number of amidine groups is 1. The summed E-state index contributed by atoms with van der Waals surface area (Å²) in [5, 5.41) is 6.00. The van der Waals surface area contributed by atoms with Crippen LogP contribution in [0.4, 0.5) is 4.39 Å². The van der Waals surface area contributed by atoms with Crippen LogP contribution in [0.15, 0.2) is 101 Å². The summed E-state index contributed by atoms with van der Waals surface area (Å²) in [6.45, 7) is 2.24. The highest BCUT2D eigenvalue weighted by molar-refractivity contribution is 8.16. The molecule has 0 unspecified atom stereocenters. The molecule has 39 heavy (non-hydrogen) atoms. The normalized spacial score (nSPS) is 16.4. The van der Waals surface area contributed by atoms with Gasteiger partial charge in [0, 0.05) is 22.8 Å². The molecule has 0 aromatic heterocycles. The number of hydrogen-bond acceptors (Lipinski definition) is 6. The number of carbonyl (C=O) groups excluding carboxylic acids is 2. The molecule has 0 aliphatic carbocycles. The molecule has 6 nitrogen and oxygen atoms in total. The van der Waals surface area contributed by atoms with Crippen molar-refractivity contribution in [3.05, 3.63) is 123 Å². The predicted molar refractivity (Wildman–Crippen MR) is 152 cm³/mol. The van der Waals surface area contributed by atoms with Gasteiger partial charge in [0.25, 0.3) is 0 Å². The van der Waals surface area contributed by atoms with Crippen LogP contribution in [0.1, 0.15) is 36.1 Å². The molecule has 0 spiro atoms. The summed E-state index contributed by atoms with van der Waals surface area (Å²) in [5.74, 6) is -1.02. The van der Waals surface area contributed by atoms with Gasteiger partial charge < -0.3 is 15.0 Å². The van der Waals surface area contributed by atoms with Crippen LogP contribution in [0.25, 0.3) is 5.70 Å². The van der Waals surface area contributed by atoms with Crippen molar-refractivity contribution in [2.45, 2.75) is 25.9 Å². The number of fused-ring (bicyclic) bond motifs is 1. The van der Waals surface area contributed by atoms with Gasteiger partial charge >= 0.3 is 5.97 Å². The molecule has 198 valence electrons. The smallest absolute Gasteiger partial charge is 0.338 e. The van der Waals surface area contributed by atoms with Crippen LogP contribution in [-0.2, 0) is 20.9 Å². The third kappa shape index (κ3) is 5.92. The Labute approximate surface area is 235 Å². The minimum atomic E-state index is -0.588. The van der Waals surface area contributed by atoms with E-state index < -0.39 is 12.0 Å². The second kappa shape index (κ2) is 11.9. The topological polar surface area (TPSA) is 71.0 Å². The third-order valence-electron chi connectivity index (χ3n) is 6.28. The van der Waals surface area contributed by atoms with Gasteiger partial charge in [-0.05, 0) is 47.7 Å². The van der Waals surface area contributed by atoms with Crippen molar-refractivity contribution in [3.8, 4) is 0 Å². The first kappa shape index (κ1) is 26.7. The van der Waals surface area contributed by atoms with Crippen molar-refractivity contribution >= 4 is 46.1 Å². The molecular formula is C30H25ClFN3O3S. The molecular weight excluding hydrogens is 537 g/mol. The second-order valence-corrected chi connectivity index (χ2v) is 10.1. The molecule has 1 amide bonds. The zero-order valence-corrected chi connectivity index (χ0v) is 22.6. The van der Waals surface area contributed by atoms with E-state index in [1.165, 1.54) is 23.9 Å². The van der Waals surface area contributed by atoms with Crippen LogP contribution in [0, 0.1) is 5.82 Å². The summed E-state index contributed by atoms with van der Waals surface area (Å²) in [6.07, 6.45) is 0.0636. The number of thioether (sulfide) groups is 1. The summed E-state index contributed by atoms with van der Waals surface area (Å²) in [5.41, 5.74) is 4.00. The molecule has 0 fully saturated rings. The van der Waals surface area contributed by atoms with E-state index >= 15 is 0 Å². The molecule has 0 saturated heterocycles. The lowest BCUT2D eigenvalue weighted by Gasteiger charge is -2.36. The maximum absolute atomic E-state index is 13.5. The van der Waals surface area contributed by atoms with Gasteiger partial charge in [-0.1, -0.05) is 78.0 Å². The molecule has 0 bridgehead atoms. The van der Waals surface area contributed by atoms with E-state index in [2.05, 4.69) is 5.32 Å². The van der Waals surface area contributed by atoms with E-state index in [1.54, 1.807) is 31.2 Å². The van der Waals surface area contributed by atoms with E-state index in [9.17, 15) is 14.0 Å². The molecule has 2 aliphatic rings. The number of benzene rings is 3. The first-order chi connectivity index (χ1) is 18.9. The first-order valence-electron chi connectivity index (χ1n) is 12.4. The first-order valence-corrected chi connectivity index (χ1v) is 13.7. The summed E-state index contributed by atoms with van der Waals surface area (Å²) in [7, 11) is 0. The van der Waals surface area contributed by atoms with Gasteiger partial charge in [-0.2, -0.15) is 0 Å². The average Bonchev–Trinajstić information content (AvgIpc) is 3.35. The van der Waals surface area contributed by atoms with Gasteiger partial charge in [0.15, 0.2) is 5.17 Å². The number of nitrogens with one attached hydrogen (secondary N) is 1. The number of aliphatic imine (C=N–C) groups is 1. The lowest BCUT2D eigenvalue weighted by molar-refractivity contribution is -0.139. The standard InChI is InChI=1S/C30H25ClFN3O3S/c1-2-38-29(37)26-27(20-6-4-3-5-7-20)34-30-35(28(26)21-10-12-22(31)13-11-21)24(18-39-30)16-25(36)33-17-19-8-14-23(32)15-9-19/h3-15,18,28H,2,16-17H2,1H3,(H,33,36)/t28-/m1/s1. The van der Waals surface area contributed by atoms with Crippen molar-refractivity contribution < 1.29 is 18.7 Å². The van der Waals surface area contributed by atoms with E-state index in [0.29, 0.717) is 27.2 Å². The minimum absolute atomic E-state index is 0.0636. The van der Waals surface area contributed by atoms with Crippen LogP contribution < -0.4 is 5.32 Å². The minimum Gasteiger partial charge on any atom is -0.463 e. The Morgan fingerprint density at radius 3 is 2.46 bits per heavy atom. The number of carbonyl (C=O) groups is 2. The molecule has 9 heteroatoms. The van der Waals surface area contributed by atoms with Crippen molar-refractivity contribution in [2.24, 2.45) is 4.99 Å². The van der Waals surface area contributed by atoms with Crippen molar-refractivity contribution in [3.63, 3.8) is 0 Å². The summed E-state index contributed by atoms with van der Waals surface area (Å²) >= 11 is 7.60. The van der Waals surface area contributed by atoms with Crippen LogP contribution >= 0.6 is 23.4 Å². The van der Waals surface area contributed by atoms with Gasteiger partial charge in [-0.25, -0.2) is 14.2 Å². The maximum Gasteiger partial charge on any atom is 0.338 e. The number of esters is 1. The molecule has 0 radical (unpaired) electrons. The van der Waals surface area contributed by atoms with E-state index in [-0.39, 0.29) is 31.3 Å². The molecule has 2 aliphatic heterocycles. The SMILES string of the molecule is CCOC(=O)C1=C(c2ccccc2)N=C2SC=C(CC(=O)NCc3ccc(F)cc3)N2[C@@H]1c1ccc(Cl)cc1. The van der Waals surface area contributed by atoms with Crippen molar-refractivity contribution in [1.29, 1.82) is 0 Å². The zero-order chi connectivity index (χ0) is 27.4. The Hall–Kier alpha value is -3.88. The molecule has 3 aromatic carbocycles. The summed E-state index contributed by atoms with van der Waals surface area (Å²) < 4.78 is 18.7. The number of hydrogen-bond donors (Lipinski definition) is 1. The Morgan fingerprint density at radius 2 is 1.77 bits per heavy atom. The fourth-order valence-electron chi connectivity index (χ4n) is 4.48. The number of ether oxygens (including phenoxy) is 1. The third-order valence-corrected chi connectivity index (χ3v) is 7.42. The van der Waals surface area contributed by atoms with Gasteiger partial charge in [-0.15, -0.1) is 0 Å². The number of halogens is 2. The fourth-order valence-corrected chi connectivity index (χ4v) is 5.52. The van der Waals surface area contributed by atoms with Crippen molar-refractivity contribution in [2.75, 3.05) is 6.61 Å². The lowest BCUT2D eigenvalue weighted by atomic mass is 9.91. The van der Waals surface area contributed by atoms with Crippen LogP contribution in [-0.4, -0.2) is 28.6 Å². The predicted octanol–water partition coefficient (Wildman–Crippen LogP) is 6.46. The molecule has 5 rings (SSSR count). The van der Waals surface area contributed by atoms with E-state index in [0.717, 1.165) is 16.7 Å². The fraction of sp³-hybridized carbons (Fsp3) is 0.167. The molecule has 2 heterocycles. The Morgan fingerprint density at radius 1 is 1.05 bits per heavy atom. The summed E-state index contributed by atoms with van der Waals surface area (Å²) in [4.78, 5) is 33.3. The highest BCUT2D eigenvalue weighted by Crippen LogP contribution is 2.47. The highest BCUT2D eigenvalue weighted by Gasteiger charge is 2.42. The Kier molecular flexibility index (Phi) is 8.14.